The Kier molecular flexibility index (Phi) is 2.75. The van der Waals surface area contributed by atoms with Crippen molar-refractivity contribution >= 4 is 29.7 Å². The molecule has 0 spiro atoms. The second-order valence-electron chi connectivity index (χ2n) is 3.42. The van der Waals surface area contributed by atoms with Crippen molar-refractivity contribution in [2.75, 3.05) is 6.54 Å². The van der Waals surface area contributed by atoms with Gasteiger partial charge in [0.2, 0.25) is 0 Å². The molecule has 1 aromatic rings. The molecule has 0 radical (unpaired) electrons. The standard InChI is InChI=1S/C11H8ClNO3/c12-7(6-14)5-13-10(15)8-3-1-2-4-9(8)11(13)16/h1-4,6-7H,5H2. The predicted molar refractivity (Wildman–Crippen MR) is 57.5 cm³/mol. The van der Waals surface area contributed by atoms with Crippen LogP contribution in [0.3, 0.4) is 0 Å². The van der Waals surface area contributed by atoms with Crippen molar-refractivity contribution in [2.24, 2.45) is 0 Å². The zero-order valence-corrected chi connectivity index (χ0v) is 8.98. The van der Waals surface area contributed by atoms with Gasteiger partial charge in [-0.25, -0.2) is 0 Å². The van der Waals surface area contributed by atoms with E-state index in [2.05, 4.69) is 0 Å². The summed E-state index contributed by atoms with van der Waals surface area (Å²) in [6, 6.07) is 6.54. The number of imide groups is 1. The van der Waals surface area contributed by atoms with Crippen LogP contribution in [0.4, 0.5) is 0 Å². The highest BCUT2D eigenvalue weighted by atomic mass is 35.5. The largest absolute Gasteiger partial charge is 0.302 e. The fraction of sp³-hybridized carbons (Fsp3) is 0.182. The molecule has 2 amide bonds. The van der Waals surface area contributed by atoms with E-state index in [1.54, 1.807) is 24.3 Å². The minimum absolute atomic E-state index is 0.0859. The Morgan fingerprint density at radius 2 is 1.69 bits per heavy atom. The van der Waals surface area contributed by atoms with Crippen LogP contribution in [0.2, 0.25) is 0 Å². The molecule has 0 fully saturated rings. The lowest BCUT2D eigenvalue weighted by Gasteiger charge is -2.13. The number of hydrogen-bond acceptors (Lipinski definition) is 3. The minimum atomic E-state index is -0.859. The summed E-state index contributed by atoms with van der Waals surface area (Å²) in [6.07, 6.45) is 0.505. The van der Waals surface area contributed by atoms with Crippen LogP contribution in [0.1, 0.15) is 20.7 Å². The number of carbonyl (C=O) groups excluding carboxylic acids is 3. The summed E-state index contributed by atoms with van der Waals surface area (Å²) < 4.78 is 0. The summed E-state index contributed by atoms with van der Waals surface area (Å²) in [5.41, 5.74) is 0.726. The number of halogens is 1. The highest BCUT2D eigenvalue weighted by Crippen LogP contribution is 2.22. The van der Waals surface area contributed by atoms with E-state index in [1.165, 1.54) is 0 Å². The molecule has 1 aromatic carbocycles. The Morgan fingerprint density at radius 1 is 1.19 bits per heavy atom. The first-order chi connectivity index (χ1) is 7.65. The molecule has 1 unspecified atom stereocenters. The van der Waals surface area contributed by atoms with E-state index in [9.17, 15) is 14.4 Å². The van der Waals surface area contributed by atoms with Gasteiger partial charge >= 0.3 is 0 Å². The molecular weight excluding hydrogens is 230 g/mol. The number of rotatable bonds is 3. The Morgan fingerprint density at radius 3 is 2.12 bits per heavy atom. The minimum Gasteiger partial charge on any atom is -0.302 e. The van der Waals surface area contributed by atoms with Gasteiger partial charge in [0.25, 0.3) is 11.8 Å². The molecule has 2 rings (SSSR count). The molecule has 1 atom stereocenters. The Balaban J connectivity index is 2.31. The number of amides is 2. The zero-order valence-electron chi connectivity index (χ0n) is 8.22. The van der Waals surface area contributed by atoms with Gasteiger partial charge in [0.15, 0.2) is 0 Å². The molecule has 0 saturated carbocycles. The maximum Gasteiger partial charge on any atom is 0.261 e. The van der Waals surface area contributed by atoms with E-state index in [-0.39, 0.29) is 6.54 Å². The summed E-state index contributed by atoms with van der Waals surface area (Å²) in [5.74, 6) is -0.791. The quantitative estimate of drug-likeness (QED) is 0.449. The normalized spacial score (nSPS) is 16.2. The van der Waals surface area contributed by atoms with Crippen LogP contribution in [0.5, 0.6) is 0 Å². The fourth-order valence-electron chi connectivity index (χ4n) is 1.62. The lowest BCUT2D eigenvalue weighted by molar-refractivity contribution is -0.107. The summed E-state index contributed by atoms with van der Waals surface area (Å²) in [6.45, 7) is -0.0859. The zero-order chi connectivity index (χ0) is 11.7. The van der Waals surface area contributed by atoms with Gasteiger partial charge in [-0.3, -0.25) is 14.5 Å². The lowest BCUT2D eigenvalue weighted by Crippen LogP contribution is -2.35. The molecule has 1 heterocycles. The van der Waals surface area contributed by atoms with Gasteiger partial charge in [0.05, 0.1) is 17.7 Å². The maximum atomic E-state index is 11.8. The first kappa shape index (κ1) is 10.8. The molecule has 16 heavy (non-hydrogen) atoms. The highest BCUT2D eigenvalue weighted by molar-refractivity contribution is 6.29. The topological polar surface area (TPSA) is 54.5 Å². The van der Waals surface area contributed by atoms with Crippen molar-refractivity contribution in [1.29, 1.82) is 0 Å². The lowest BCUT2D eigenvalue weighted by atomic mass is 10.1. The van der Waals surface area contributed by atoms with Gasteiger partial charge in [-0.1, -0.05) is 12.1 Å². The van der Waals surface area contributed by atoms with Crippen molar-refractivity contribution in [3.63, 3.8) is 0 Å². The first-order valence-electron chi connectivity index (χ1n) is 4.69. The molecule has 4 nitrogen and oxygen atoms in total. The number of hydrogen-bond donors (Lipinski definition) is 0. The molecular formula is C11H8ClNO3. The van der Waals surface area contributed by atoms with Crippen LogP contribution < -0.4 is 0 Å². The molecule has 0 saturated heterocycles. The number of benzene rings is 1. The van der Waals surface area contributed by atoms with Gasteiger partial charge in [0, 0.05) is 0 Å². The summed E-state index contributed by atoms with van der Waals surface area (Å²) >= 11 is 5.60. The molecule has 82 valence electrons. The second-order valence-corrected chi connectivity index (χ2v) is 3.98. The average molecular weight is 238 g/mol. The Hall–Kier alpha value is -1.68. The smallest absolute Gasteiger partial charge is 0.261 e. The molecule has 1 aliphatic rings. The van der Waals surface area contributed by atoms with Gasteiger partial charge < -0.3 is 4.79 Å². The average Bonchev–Trinajstić information content (AvgIpc) is 2.55. The third-order valence-electron chi connectivity index (χ3n) is 2.38. The second kappa shape index (κ2) is 4.06. The van der Waals surface area contributed by atoms with Gasteiger partial charge in [-0.15, -0.1) is 11.6 Å². The van der Waals surface area contributed by atoms with Crippen molar-refractivity contribution in [3.05, 3.63) is 35.4 Å². The third kappa shape index (κ3) is 1.61. The van der Waals surface area contributed by atoms with E-state index in [4.69, 9.17) is 11.6 Å². The van der Waals surface area contributed by atoms with Crippen LogP contribution in [0, 0.1) is 0 Å². The first-order valence-corrected chi connectivity index (χ1v) is 5.13. The molecule has 1 aliphatic heterocycles. The molecule has 5 heteroatoms. The van der Waals surface area contributed by atoms with E-state index < -0.39 is 17.2 Å². The predicted octanol–water partition coefficient (Wildman–Crippen LogP) is 1.09. The van der Waals surface area contributed by atoms with E-state index in [1.807, 2.05) is 0 Å². The van der Waals surface area contributed by atoms with Crippen LogP contribution in [0.25, 0.3) is 0 Å². The number of alkyl halides is 1. The number of carbonyl (C=O) groups is 3. The summed E-state index contributed by atoms with van der Waals surface area (Å²) in [4.78, 5) is 35.0. The number of aldehydes is 1. The van der Waals surface area contributed by atoms with Crippen LogP contribution >= 0.6 is 11.6 Å². The summed E-state index contributed by atoms with van der Waals surface area (Å²) in [7, 11) is 0. The molecule has 0 aliphatic carbocycles. The van der Waals surface area contributed by atoms with Crippen LogP contribution in [-0.4, -0.2) is 34.9 Å². The van der Waals surface area contributed by atoms with Crippen molar-refractivity contribution < 1.29 is 14.4 Å². The van der Waals surface area contributed by atoms with Crippen molar-refractivity contribution in [3.8, 4) is 0 Å². The Bertz CT molecular complexity index is 437. The number of fused-ring (bicyclic) bond motifs is 1. The van der Waals surface area contributed by atoms with Gasteiger partial charge in [-0.2, -0.15) is 0 Å². The highest BCUT2D eigenvalue weighted by Gasteiger charge is 2.35. The molecule has 0 N–H and O–H groups in total. The van der Waals surface area contributed by atoms with Crippen molar-refractivity contribution in [2.45, 2.75) is 5.38 Å². The van der Waals surface area contributed by atoms with Gasteiger partial charge in [0.1, 0.15) is 11.7 Å². The van der Waals surface area contributed by atoms with E-state index in [0.717, 1.165) is 4.90 Å². The Labute approximate surface area is 96.8 Å². The van der Waals surface area contributed by atoms with E-state index >= 15 is 0 Å². The fourth-order valence-corrected chi connectivity index (χ4v) is 1.76. The maximum absolute atomic E-state index is 11.8. The monoisotopic (exact) mass is 237 g/mol. The van der Waals surface area contributed by atoms with Crippen molar-refractivity contribution in [1.82, 2.24) is 4.90 Å². The number of nitrogens with zero attached hydrogens (tertiary/aromatic N) is 1. The third-order valence-corrected chi connectivity index (χ3v) is 2.62. The summed E-state index contributed by atoms with van der Waals surface area (Å²) in [5, 5.41) is -0.859. The molecule has 0 bridgehead atoms. The SMILES string of the molecule is O=CC(Cl)CN1C(=O)c2ccccc2C1=O. The van der Waals surface area contributed by atoms with E-state index in [0.29, 0.717) is 17.4 Å². The van der Waals surface area contributed by atoms with Crippen LogP contribution in [-0.2, 0) is 4.79 Å². The van der Waals surface area contributed by atoms with Gasteiger partial charge in [-0.05, 0) is 12.1 Å². The van der Waals surface area contributed by atoms with Crippen LogP contribution in [0.15, 0.2) is 24.3 Å². The molecule has 0 aromatic heterocycles.